The molecule has 0 saturated carbocycles. The van der Waals surface area contributed by atoms with Crippen molar-refractivity contribution in [3.05, 3.63) is 30.1 Å². The molecule has 0 spiro atoms. The van der Waals surface area contributed by atoms with Crippen LogP contribution >= 0.6 is 0 Å². The van der Waals surface area contributed by atoms with Gasteiger partial charge in [-0.2, -0.15) is 9.97 Å². The van der Waals surface area contributed by atoms with Gasteiger partial charge in [-0.3, -0.25) is 4.98 Å². The van der Waals surface area contributed by atoms with Crippen molar-refractivity contribution in [2.24, 2.45) is 0 Å². The molecule has 5 rings (SSSR count). The van der Waals surface area contributed by atoms with Crippen LogP contribution in [0.15, 0.2) is 24.5 Å². The van der Waals surface area contributed by atoms with Gasteiger partial charge in [0.25, 0.3) is 0 Å². The van der Waals surface area contributed by atoms with Gasteiger partial charge in [0.1, 0.15) is 18.5 Å². The summed E-state index contributed by atoms with van der Waals surface area (Å²) in [5.41, 5.74) is 2.09. The van der Waals surface area contributed by atoms with E-state index in [2.05, 4.69) is 32.8 Å². The highest BCUT2D eigenvalue weighted by Crippen LogP contribution is 2.38. The Hall–Kier alpha value is -2.49. The molecule has 0 aliphatic carbocycles. The van der Waals surface area contributed by atoms with Crippen molar-refractivity contribution in [1.82, 2.24) is 19.9 Å². The summed E-state index contributed by atoms with van der Waals surface area (Å²) in [5.74, 6) is 2.28. The molecule has 5 heterocycles. The van der Waals surface area contributed by atoms with Crippen LogP contribution < -0.4 is 14.5 Å². The second-order valence-corrected chi connectivity index (χ2v) is 7.91. The molecule has 0 bridgehead atoms. The molecule has 3 aliphatic heterocycles. The monoisotopic (exact) mass is 412 g/mol. The Kier molecular flexibility index (Phi) is 5.65. The number of hydrogen-bond donors (Lipinski definition) is 0. The molecule has 1 unspecified atom stereocenters. The van der Waals surface area contributed by atoms with Crippen molar-refractivity contribution in [3.8, 4) is 5.88 Å². The van der Waals surface area contributed by atoms with Crippen molar-refractivity contribution >= 4 is 17.5 Å². The highest BCUT2D eigenvalue weighted by atomic mass is 16.5. The maximum absolute atomic E-state index is 6.25. The summed E-state index contributed by atoms with van der Waals surface area (Å²) in [6, 6.07) is 4.01. The smallest absolute Gasteiger partial charge is 0.230 e. The highest BCUT2D eigenvalue weighted by Gasteiger charge is 2.30. The Morgan fingerprint density at radius 1 is 1.13 bits per heavy atom. The third-order valence-electron chi connectivity index (χ3n) is 5.78. The van der Waals surface area contributed by atoms with Gasteiger partial charge in [0, 0.05) is 38.9 Å². The van der Waals surface area contributed by atoms with E-state index in [4.69, 9.17) is 24.2 Å². The van der Waals surface area contributed by atoms with Crippen LogP contribution in [0.1, 0.15) is 5.56 Å². The van der Waals surface area contributed by atoms with Gasteiger partial charge >= 0.3 is 0 Å². The van der Waals surface area contributed by atoms with Crippen LogP contribution in [0.2, 0.25) is 0 Å². The van der Waals surface area contributed by atoms with E-state index < -0.39 is 0 Å². The summed E-state index contributed by atoms with van der Waals surface area (Å²) in [4.78, 5) is 20.7. The average Bonchev–Trinajstić information content (AvgIpc) is 3.23. The number of morpholine rings is 2. The molecule has 2 saturated heterocycles. The van der Waals surface area contributed by atoms with Gasteiger partial charge in [0.15, 0.2) is 0 Å². The van der Waals surface area contributed by atoms with Crippen molar-refractivity contribution in [3.63, 3.8) is 0 Å². The number of rotatable bonds is 5. The summed E-state index contributed by atoms with van der Waals surface area (Å²) < 4.78 is 17.6. The zero-order valence-corrected chi connectivity index (χ0v) is 17.4. The van der Waals surface area contributed by atoms with E-state index in [1.165, 1.54) is 0 Å². The molecule has 0 N–H and O–H groups in total. The van der Waals surface area contributed by atoms with E-state index in [-0.39, 0.29) is 6.10 Å². The summed E-state index contributed by atoms with van der Waals surface area (Å²) in [6.45, 7) is 6.82. The molecule has 160 valence electrons. The lowest BCUT2D eigenvalue weighted by Crippen LogP contribution is -2.43. The fourth-order valence-corrected chi connectivity index (χ4v) is 4.14. The maximum atomic E-state index is 6.25. The van der Waals surface area contributed by atoms with Crippen LogP contribution in [-0.2, 0) is 15.9 Å². The second-order valence-electron chi connectivity index (χ2n) is 7.91. The molecule has 2 fully saturated rings. The van der Waals surface area contributed by atoms with Crippen LogP contribution in [0, 0.1) is 0 Å². The quantitative estimate of drug-likeness (QED) is 0.718. The van der Waals surface area contributed by atoms with Crippen LogP contribution in [0.4, 0.5) is 17.5 Å². The molecular weight excluding hydrogens is 384 g/mol. The fourth-order valence-electron chi connectivity index (χ4n) is 4.14. The number of hydrogen-bond acceptors (Lipinski definition) is 9. The van der Waals surface area contributed by atoms with Crippen molar-refractivity contribution in [2.75, 3.05) is 76.0 Å². The van der Waals surface area contributed by atoms with Gasteiger partial charge in [-0.25, -0.2) is 0 Å². The predicted molar refractivity (Wildman–Crippen MR) is 113 cm³/mol. The minimum Gasteiger partial charge on any atom is -0.474 e. The highest BCUT2D eigenvalue weighted by molar-refractivity contribution is 5.69. The second kappa shape index (κ2) is 8.71. The van der Waals surface area contributed by atoms with Gasteiger partial charge in [-0.1, -0.05) is 0 Å². The van der Waals surface area contributed by atoms with E-state index >= 15 is 0 Å². The van der Waals surface area contributed by atoms with E-state index in [0.29, 0.717) is 31.6 Å². The summed E-state index contributed by atoms with van der Waals surface area (Å²) in [6.07, 6.45) is 4.55. The summed E-state index contributed by atoms with van der Waals surface area (Å²) >= 11 is 0. The average molecular weight is 412 g/mol. The molecular formula is C21H28N6O3. The first kappa shape index (κ1) is 19.5. The number of fused-ring (bicyclic) bond motifs is 1. The number of likely N-dealkylation sites (N-methyl/N-ethyl adjacent to an activating group) is 1. The molecule has 2 aromatic heterocycles. The molecule has 2 aromatic rings. The Balaban J connectivity index is 1.44. The predicted octanol–water partition coefficient (Wildman–Crippen LogP) is 1.11. The number of nitrogens with zero attached hydrogens (tertiary/aromatic N) is 6. The number of aromatic nitrogens is 3. The Morgan fingerprint density at radius 2 is 2.03 bits per heavy atom. The van der Waals surface area contributed by atoms with E-state index in [1.807, 2.05) is 12.3 Å². The standard InChI is InChI=1S/C21H28N6O3/c1-25-7-12-29-17(14-25)15-30-20-18-4-6-27(16-3-2-5-22-13-16)19(18)23-21(24-20)26-8-10-28-11-9-26/h2-3,5,13,17H,4,6-12,14-15H2,1H3. The van der Waals surface area contributed by atoms with Crippen LogP contribution in [-0.4, -0.2) is 92.2 Å². The molecule has 30 heavy (non-hydrogen) atoms. The first-order valence-corrected chi connectivity index (χ1v) is 10.6. The zero-order valence-electron chi connectivity index (χ0n) is 17.4. The SMILES string of the molecule is CN1CCOC(COc2nc(N3CCOCC3)nc3c2CCN3c2cccnc2)C1. The number of anilines is 3. The van der Waals surface area contributed by atoms with Gasteiger partial charge in [0.2, 0.25) is 11.8 Å². The number of pyridine rings is 1. The fraction of sp³-hybridized carbons (Fsp3) is 0.571. The topological polar surface area (TPSA) is 76.1 Å². The Morgan fingerprint density at radius 3 is 2.83 bits per heavy atom. The van der Waals surface area contributed by atoms with Gasteiger partial charge in [-0.15, -0.1) is 0 Å². The van der Waals surface area contributed by atoms with E-state index in [1.54, 1.807) is 6.20 Å². The van der Waals surface area contributed by atoms with Gasteiger partial charge in [-0.05, 0) is 25.6 Å². The Bertz CT molecular complexity index is 861. The Labute approximate surface area is 176 Å². The lowest BCUT2D eigenvalue weighted by atomic mass is 10.2. The number of ether oxygens (including phenoxy) is 3. The molecule has 0 radical (unpaired) electrons. The van der Waals surface area contributed by atoms with E-state index in [9.17, 15) is 0 Å². The lowest BCUT2D eigenvalue weighted by molar-refractivity contribution is -0.0411. The molecule has 0 amide bonds. The third kappa shape index (κ3) is 4.05. The molecule has 9 nitrogen and oxygen atoms in total. The first-order chi connectivity index (χ1) is 14.8. The minimum absolute atomic E-state index is 0.0528. The maximum Gasteiger partial charge on any atom is 0.230 e. The van der Waals surface area contributed by atoms with E-state index in [0.717, 1.165) is 62.8 Å². The van der Waals surface area contributed by atoms with Crippen molar-refractivity contribution in [2.45, 2.75) is 12.5 Å². The normalized spacial score (nSPS) is 22.2. The zero-order chi connectivity index (χ0) is 20.3. The van der Waals surface area contributed by atoms with Gasteiger partial charge < -0.3 is 28.9 Å². The molecule has 3 aliphatic rings. The minimum atomic E-state index is 0.0528. The van der Waals surface area contributed by atoms with Crippen LogP contribution in [0.3, 0.4) is 0 Å². The molecule has 0 aromatic carbocycles. The van der Waals surface area contributed by atoms with Crippen LogP contribution in [0.25, 0.3) is 0 Å². The van der Waals surface area contributed by atoms with Crippen molar-refractivity contribution < 1.29 is 14.2 Å². The molecule has 1 atom stereocenters. The largest absolute Gasteiger partial charge is 0.474 e. The summed E-state index contributed by atoms with van der Waals surface area (Å²) in [5, 5.41) is 0. The third-order valence-corrected chi connectivity index (χ3v) is 5.78. The first-order valence-electron chi connectivity index (χ1n) is 10.6. The van der Waals surface area contributed by atoms with Gasteiger partial charge in [0.05, 0.1) is 37.3 Å². The summed E-state index contributed by atoms with van der Waals surface area (Å²) in [7, 11) is 2.11. The molecule has 9 heteroatoms. The van der Waals surface area contributed by atoms with Crippen molar-refractivity contribution in [1.29, 1.82) is 0 Å². The lowest BCUT2D eigenvalue weighted by Gasteiger charge is -2.30. The van der Waals surface area contributed by atoms with Crippen LogP contribution in [0.5, 0.6) is 5.88 Å².